The molecule has 0 saturated heterocycles. The summed E-state index contributed by atoms with van der Waals surface area (Å²) in [6.45, 7) is 1.92. The summed E-state index contributed by atoms with van der Waals surface area (Å²) < 4.78 is 0. The predicted octanol–water partition coefficient (Wildman–Crippen LogP) is 1.72. The van der Waals surface area contributed by atoms with Crippen molar-refractivity contribution >= 4 is 0 Å². The van der Waals surface area contributed by atoms with E-state index in [9.17, 15) is 5.11 Å². The zero-order chi connectivity index (χ0) is 10.4. The maximum Gasteiger partial charge on any atom is 0.0558 e. The van der Waals surface area contributed by atoms with E-state index in [0.29, 0.717) is 6.42 Å². The van der Waals surface area contributed by atoms with Gasteiger partial charge in [-0.1, -0.05) is 30.3 Å². The third-order valence-corrected chi connectivity index (χ3v) is 2.25. The Morgan fingerprint density at radius 1 is 1.29 bits per heavy atom. The van der Waals surface area contributed by atoms with Gasteiger partial charge in [-0.3, -0.25) is 0 Å². The van der Waals surface area contributed by atoms with Gasteiger partial charge in [0.25, 0.3) is 0 Å². The minimum Gasteiger partial charge on any atom is -0.393 e. The molecule has 0 aliphatic rings. The van der Waals surface area contributed by atoms with E-state index >= 15 is 0 Å². The van der Waals surface area contributed by atoms with Crippen LogP contribution >= 0.6 is 0 Å². The number of aliphatic hydroxyl groups excluding tert-OH is 1. The summed E-state index contributed by atoms with van der Waals surface area (Å²) in [5.74, 6) is 0. The third kappa shape index (κ3) is 4.40. The molecule has 2 atom stereocenters. The maximum absolute atomic E-state index is 9.60. The molecule has 2 heteroatoms. The highest BCUT2D eigenvalue weighted by Gasteiger charge is 2.06. The van der Waals surface area contributed by atoms with Gasteiger partial charge in [0, 0.05) is 6.04 Å². The minimum absolute atomic E-state index is 0.0840. The lowest BCUT2D eigenvalue weighted by molar-refractivity contribution is 0.148. The average molecular weight is 193 g/mol. The molecule has 1 rings (SSSR count). The molecule has 14 heavy (non-hydrogen) atoms. The molecule has 3 N–H and O–H groups in total. The van der Waals surface area contributed by atoms with Crippen LogP contribution in [-0.4, -0.2) is 17.3 Å². The molecule has 0 spiro atoms. The van der Waals surface area contributed by atoms with Crippen LogP contribution in [-0.2, 0) is 6.42 Å². The lowest BCUT2D eigenvalue weighted by Gasteiger charge is -2.12. The number of hydrogen-bond acceptors (Lipinski definition) is 2. The van der Waals surface area contributed by atoms with Gasteiger partial charge in [0.2, 0.25) is 0 Å². The Kier molecular flexibility index (Phi) is 4.63. The fraction of sp³-hybridized carbons (Fsp3) is 0.500. The number of aliphatic hydroxyl groups is 1. The summed E-state index contributed by atoms with van der Waals surface area (Å²) in [6, 6.07) is 10.3. The second-order valence-electron chi connectivity index (χ2n) is 3.89. The standard InChI is InChI=1S/C12H19NO/c1-10(13)9-12(14)8-7-11-5-3-2-4-6-11/h2-6,10,12,14H,7-9,13H2,1H3. The van der Waals surface area contributed by atoms with Crippen LogP contribution in [0.4, 0.5) is 0 Å². The van der Waals surface area contributed by atoms with E-state index in [-0.39, 0.29) is 12.1 Å². The highest BCUT2D eigenvalue weighted by Crippen LogP contribution is 2.07. The van der Waals surface area contributed by atoms with E-state index in [0.717, 1.165) is 12.8 Å². The summed E-state index contributed by atoms with van der Waals surface area (Å²) in [4.78, 5) is 0. The van der Waals surface area contributed by atoms with E-state index in [4.69, 9.17) is 5.73 Å². The highest BCUT2D eigenvalue weighted by molar-refractivity contribution is 5.14. The maximum atomic E-state index is 9.60. The molecule has 0 radical (unpaired) electrons. The summed E-state index contributed by atoms with van der Waals surface area (Å²) >= 11 is 0. The second kappa shape index (κ2) is 5.78. The number of aryl methyl sites for hydroxylation is 1. The van der Waals surface area contributed by atoms with Gasteiger partial charge in [-0.2, -0.15) is 0 Å². The second-order valence-corrected chi connectivity index (χ2v) is 3.89. The Hall–Kier alpha value is -0.860. The van der Waals surface area contributed by atoms with Crippen LogP contribution in [0.5, 0.6) is 0 Å². The molecule has 0 fully saturated rings. The summed E-state index contributed by atoms with van der Waals surface area (Å²) in [6.07, 6.45) is 2.14. The Balaban J connectivity index is 2.27. The fourth-order valence-corrected chi connectivity index (χ4v) is 1.52. The predicted molar refractivity (Wildman–Crippen MR) is 59.0 cm³/mol. The zero-order valence-corrected chi connectivity index (χ0v) is 8.69. The first-order valence-electron chi connectivity index (χ1n) is 5.16. The first-order valence-corrected chi connectivity index (χ1v) is 5.16. The van der Waals surface area contributed by atoms with Crippen LogP contribution in [0.25, 0.3) is 0 Å². The quantitative estimate of drug-likeness (QED) is 0.748. The van der Waals surface area contributed by atoms with Crippen LogP contribution in [0.15, 0.2) is 30.3 Å². The van der Waals surface area contributed by atoms with Crippen molar-refractivity contribution in [3.05, 3.63) is 35.9 Å². The van der Waals surface area contributed by atoms with Crippen LogP contribution in [0, 0.1) is 0 Å². The SMILES string of the molecule is CC(N)CC(O)CCc1ccccc1. The van der Waals surface area contributed by atoms with Crippen LogP contribution in [0.2, 0.25) is 0 Å². The topological polar surface area (TPSA) is 46.2 Å². The first-order chi connectivity index (χ1) is 6.68. The van der Waals surface area contributed by atoms with Crippen molar-refractivity contribution in [1.29, 1.82) is 0 Å². The van der Waals surface area contributed by atoms with Gasteiger partial charge in [0.1, 0.15) is 0 Å². The normalized spacial score (nSPS) is 15.1. The monoisotopic (exact) mass is 193 g/mol. The molecule has 0 aliphatic heterocycles. The van der Waals surface area contributed by atoms with Crippen molar-refractivity contribution in [2.45, 2.75) is 38.3 Å². The Labute approximate surface area is 85.8 Å². The van der Waals surface area contributed by atoms with Gasteiger partial charge < -0.3 is 10.8 Å². The minimum atomic E-state index is -0.268. The lowest BCUT2D eigenvalue weighted by atomic mass is 10.0. The van der Waals surface area contributed by atoms with Crippen molar-refractivity contribution < 1.29 is 5.11 Å². The van der Waals surface area contributed by atoms with Crippen LogP contribution in [0.1, 0.15) is 25.3 Å². The summed E-state index contributed by atoms with van der Waals surface area (Å²) in [5.41, 5.74) is 6.88. The van der Waals surface area contributed by atoms with Gasteiger partial charge in [-0.05, 0) is 31.7 Å². The van der Waals surface area contributed by atoms with Gasteiger partial charge in [-0.25, -0.2) is 0 Å². The molecule has 1 aromatic carbocycles. The van der Waals surface area contributed by atoms with Crippen molar-refractivity contribution in [3.8, 4) is 0 Å². The van der Waals surface area contributed by atoms with E-state index in [1.54, 1.807) is 0 Å². The van der Waals surface area contributed by atoms with Crippen LogP contribution in [0.3, 0.4) is 0 Å². The summed E-state index contributed by atoms with van der Waals surface area (Å²) in [7, 11) is 0. The molecular weight excluding hydrogens is 174 g/mol. The molecule has 1 aromatic rings. The number of benzene rings is 1. The van der Waals surface area contributed by atoms with Gasteiger partial charge in [0.05, 0.1) is 6.10 Å². The third-order valence-electron chi connectivity index (χ3n) is 2.25. The van der Waals surface area contributed by atoms with Crippen molar-refractivity contribution in [2.75, 3.05) is 0 Å². The van der Waals surface area contributed by atoms with E-state index in [2.05, 4.69) is 12.1 Å². The molecule has 78 valence electrons. The smallest absolute Gasteiger partial charge is 0.0558 e. The van der Waals surface area contributed by atoms with Crippen LogP contribution < -0.4 is 5.73 Å². The van der Waals surface area contributed by atoms with Crippen molar-refractivity contribution in [2.24, 2.45) is 5.73 Å². The molecule has 0 amide bonds. The highest BCUT2D eigenvalue weighted by atomic mass is 16.3. The van der Waals surface area contributed by atoms with Gasteiger partial charge in [-0.15, -0.1) is 0 Å². The average Bonchev–Trinajstić information content (AvgIpc) is 2.15. The molecule has 0 heterocycles. The molecule has 0 aromatic heterocycles. The molecular formula is C12H19NO. The van der Waals surface area contributed by atoms with Crippen molar-refractivity contribution in [3.63, 3.8) is 0 Å². The number of hydrogen-bond donors (Lipinski definition) is 2. The Bertz CT molecular complexity index is 246. The van der Waals surface area contributed by atoms with E-state index < -0.39 is 0 Å². The molecule has 2 unspecified atom stereocenters. The van der Waals surface area contributed by atoms with Crippen molar-refractivity contribution in [1.82, 2.24) is 0 Å². The molecule has 0 saturated carbocycles. The largest absolute Gasteiger partial charge is 0.393 e. The lowest BCUT2D eigenvalue weighted by Crippen LogP contribution is -2.23. The van der Waals surface area contributed by atoms with E-state index in [1.165, 1.54) is 5.56 Å². The van der Waals surface area contributed by atoms with E-state index in [1.807, 2.05) is 25.1 Å². The zero-order valence-electron chi connectivity index (χ0n) is 8.69. The van der Waals surface area contributed by atoms with Gasteiger partial charge in [0.15, 0.2) is 0 Å². The number of rotatable bonds is 5. The summed E-state index contributed by atoms with van der Waals surface area (Å²) in [5, 5.41) is 9.60. The molecule has 0 aliphatic carbocycles. The Morgan fingerprint density at radius 3 is 2.50 bits per heavy atom. The first kappa shape index (κ1) is 11.2. The fourth-order valence-electron chi connectivity index (χ4n) is 1.52. The van der Waals surface area contributed by atoms with Gasteiger partial charge >= 0.3 is 0 Å². The number of nitrogens with two attached hydrogens (primary N) is 1. The molecule has 0 bridgehead atoms. The Morgan fingerprint density at radius 2 is 1.93 bits per heavy atom. The molecule has 2 nitrogen and oxygen atoms in total.